The summed E-state index contributed by atoms with van der Waals surface area (Å²) < 4.78 is 38.3. The number of thiocarbonyl (C=S) groups is 1. The maximum absolute atomic E-state index is 13.1. The minimum atomic E-state index is -4.32. The highest BCUT2D eigenvalue weighted by Gasteiger charge is 2.27. The largest absolute Gasteiger partial charge is 0.459 e. The number of rotatable bonds is 10. The van der Waals surface area contributed by atoms with Gasteiger partial charge >= 0.3 is 6.09 Å². The molecular formula is C29H26N4O7S2. The van der Waals surface area contributed by atoms with E-state index in [-0.39, 0.29) is 28.8 Å². The molecule has 11 nitrogen and oxygen atoms in total. The van der Waals surface area contributed by atoms with E-state index in [2.05, 4.69) is 16.0 Å². The Hall–Kier alpha value is -5.01. The highest BCUT2D eigenvalue weighted by Crippen LogP contribution is 2.15. The van der Waals surface area contributed by atoms with Gasteiger partial charge in [0.05, 0.1) is 11.2 Å². The van der Waals surface area contributed by atoms with Crippen LogP contribution in [-0.2, 0) is 32.6 Å². The van der Waals surface area contributed by atoms with E-state index in [4.69, 9.17) is 21.4 Å². The van der Waals surface area contributed by atoms with E-state index in [9.17, 15) is 22.8 Å². The molecule has 0 unspecified atom stereocenters. The quantitative estimate of drug-likeness (QED) is 0.198. The number of furan rings is 1. The Kier molecular flexibility index (Phi) is 10.0. The van der Waals surface area contributed by atoms with E-state index in [1.807, 2.05) is 10.8 Å². The van der Waals surface area contributed by atoms with E-state index in [1.54, 1.807) is 60.7 Å². The molecule has 1 atom stereocenters. The van der Waals surface area contributed by atoms with Crippen molar-refractivity contribution in [2.75, 3.05) is 5.32 Å². The summed E-state index contributed by atoms with van der Waals surface area (Å²) in [6.07, 6.45) is 0.492. The predicted molar refractivity (Wildman–Crippen MR) is 158 cm³/mol. The van der Waals surface area contributed by atoms with Crippen LogP contribution in [0.15, 0.2) is 113 Å². The lowest BCUT2D eigenvalue weighted by atomic mass is 10.1. The van der Waals surface area contributed by atoms with Crippen molar-refractivity contribution in [3.05, 3.63) is 120 Å². The van der Waals surface area contributed by atoms with Crippen molar-refractivity contribution in [2.24, 2.45) is 0 Å². The Morgan fingerprint density at radius 3 is 2.10 bits per heavy atom. The Balaban J connectivity index is 1.38. The van der Waals surface area contributed by atoms with Crippen LogP contribution in [0.3, 0.4) is 0 Å². The topological polar surface area (TPSA) is 156 Å². The van der Waals surface area contributed by atoms with E-state index in [1.165, 1.54) is 36.6 Å². The summed E-state index contributed by atoms with van der Waals surface area (Å²) in [4.78, 5) is 37.5. The maximum Gasteiger partial charge on any atom is 0.408 e. The second-order valence-corrected chi connectivity index (χ2v) is 10.9. The van der Waals surface area contributed by atoms with E-state index in [0.717, 1.165) is 5.56 Å². The number of hydrogen-bond acceptors (Lipinski definition) is 8. The number of hydrogen-bond donors (Lipinski definition) is 4. The highest BCUT2D eigenvalue weighted by molar-refractivity contribution is 7.90. The molecule has 0 radical (unpaired) electrons. The zero-order valence-corrected chi connectivity index (χ0v) is 23.6. The molecule has 0 aliphatic heterocycles. The molecule has 3 amide bonds. The third-order valence-electron chi connectivity index (χ3n) is 5.73. The Morgan fingerprint density at radius 2 is 1.48 bits per heavy atom. The number of carbonyl (C=O) groups is 3. The number of alkyl carbamates (subject to hydrolysis) is 1. The summed E-state index contributed by atoms with van der Waals surface area (Å²) in [5.74, 6) is -1.43. The minimum absolute atomic E-state index is 0.0205. The molecular weight excluding hydrogens is 580 g/mol. The molecule has 1 heterocycles. The molecule has 4 rings (SSSR count). The van der Waals surface area contributed by atoms with Gasteiger partial charge in [-0.25, -0.2) is 17.9 Å². The molecule has 13 heteroatoms. The number of nitrogens with one attached hydrogen (secondary N) is 4. The fourth-order valence-corrected chi connectivity index (χ4v) is 4.91. The standard InChI is InChI=1S/C29H26N4O7S2/c34-26(24(18-20-8-3-1-4-9-20)31-29(36)40-19-21-10-5-2-6-11-21)33-42(37,38)23-15-13-22(14-16-23)30-28(41)32-27(35)25-12-7-17-39-25/h1-17,24H,18-19H2,(H,31,36)(H,33,34)(H2,30,32,35,41)/t24-/m0/s1. The molecule has 0 aliphatic carbocycles. The second-order valence-electron chi connectivity index (χ2n) is 8.83. The van der Waals surface area contributed by atoms with Gasteiger partial charge in [0.15, 0.2) is 10.9 Å². The van der Waals surface area contributed by atoms with Crippen LogP contribution >= 0.6 is 12.2 Å². The van der Waals surface area contributed by atoms with Gasteiger partial charge in [-0.2, -0.15) is 0 Å². The third kappa shape index (κ3) is 8.74. The third-order valence-corrected chi connectivity index (χ3v) is 7.30. The average Bonchev–Trinajstić information content (AvgIpc) is 3.52. The Bertz CT molecular complexity index is 1630. The van der Waals surface area contributed by atoms with Crippen molar-refractivity contribution in [1.29, 1.82) is 0 Å². The Labute approximate surface area is 247 Å². The van der Waals surface area contributed by atoms with Gasteiger partial charge in [0, 0.05) is 12.1 Å². The molecule has 0 spiro atoms. The number of benzene rings is 3. The van der Waals surface area contributed by atoms with Gasteiger partial charge in [0.2, 0.25) is 0 Å². The van der Waals surface area contributed by atoms with Crippen LogP contribution in [0.4, 0.5) is 10.5 Å². The summed E-state index contributed by atoms with van der Waals surface area (Å²) in [7, 11) is -4.32. The van der Waals surface area contributed by atoms with Crippen molar-refractivity contribution in [2.45, 2.75) is 24.0 Å². The van der Waals surface area contributed by atoms with E-state index < -0.39 is 34.0 Å². The summed E-state index contributed by atoms with van der Waals surface area (Å²) in [6, 6.07) is 24.9. The van der Waals surface area contributed by atoms with Crippen LogP contribution in [0.5, 0.6) is 0 Å². The van der Waals surface area contributed by atoms with Gasteiger partial charge < -0.3 is 19.8 Å². The SMILES string of the molecule is O=C(N[C@@H](Cc1ccccc1)C(=O)NS(=O)(=O)c1ccc(NC(=S)NC(=O)c2ccco2)cc1)OCc1ccccc1. The van der Waals surface area contributed by atoms with Crippen LogP contribution in [0.2, 0.25) is 0 Å². The number of anilines is 1. The fourth-order valence-electron chi connectivity index (χ4n) is 3.68. The zero-order valence-electron chi connectivity index (χ0n) is 22.0. The van der Waals surface area contributed by atoms with Gasteiger partial charge in [-0.3, -0.25) is 14.9 Å². The molecule has 216 valence electrons. The predicted octanol–water partition coefficient (Wildman–Crippen LogP) is 3.75. The number of ether oxygens (including phenoxy) is 1. The molecule has 42 heavy (non-hydrogen) atoms. The first kappa shape index (κ1) is 30.0. The number of amides is 3. The number of sulfonamides is 1. The smallest absolute Gasteiger partial charge is 0.408 e. The average molecular weight is 607 g/mol. The highest BCUT2D eigenvalue weighted by atomic mass is 32.2. The molecule has 0 bridgehead atoms. The summed E-state index contributed by atoms with van der Waals surface area (Å²) >= 11 is 5.11. The van der Waals surface area contributed by atoms with Crippen LogP contribution in [0, 0.1) is 0 Å². The molecule has 1 aromatic heterocycles. The molecule has 0 aliphatic rings. The van der Waals surface area contributed by atoms with Gasteiger partial charge in [0.1, 0.15) is 12.6 Å². The summed E-state index contributed by atoms with van der Waals surface area (Å²) in [5, 5.41) is 7.62. The molecule has 3 aromatic carbocycles. The van der Waals surface area contributed by atoms with Gasteiger partial charge in [-0.15, -0.1) is 0 Å². The molecule has 0 saturated heterocycles. The summed E-state index contributed by atoms with van der Waals surface area (Å²) in [5.41, 5.74) is 1.83. The second kappa shape index (κ2) is 14.1. The van der Waals surface area contributed by atoms with Crippen LogP contribution in [0.25, 0.3) is 0 Å². The molecule has 4 aromatic rings. The lowest BCUT2D eigenvalue weighted by Gasteiger charge is -2.19. The first-order valence-electron chi connectivity index (χ1n) is 12.5. The van der Waals surface area contributed by atoms with Gasteiger partial charge in [-0.05, 0) is 59.7 Å². The summed E-state index contributed by atoms with van der Waals surface area (Å²) in [6.45, 7) is -0.0268. The number of carbonyl (C=O) groups excluding carboxylic acids is 3. The van der Waals surface area contributed by atoms with Crippen molar-refractivity contribution < 1.29 is 32.0 Å². The first-order chi connectivity index (χ1) is 20.2. The minimum Gasteiger partial charge on any atom is -0.459 e. The molecule has 4 N–H and O–H groups in total. The van der Waals surface area contributed by atoms with Crippen molar-refractivity contribution in [3.63, 3.8) is 0 Å². The molecule has 0 fully saturated rings. The van der Waals surface area contributed by atoms with E-state index >= 15 is 0 Å². The van der Waals surface area contributed by atoms with Gasteiger partial charge in [0.25, 0.3) is 21.8 Å². The van der Waals surface area contributed by atoms with Crippen molar-refractivity contribution >= 4 is 50.9 Å². The lowest BCUT2D eigenvalue weighted by molar-refractivity contribution is -0.121. The monoisotopic (exact) mass is 606 g/mol. The van der Waals surface area contributed by atoms with Crippen LogP contribution in [-0.4, -0.2) is 37.5 Å². The maximum atomic E-state index is 13.1. The normalized spacial score (nSPS) is 11.5. The van der Waals surface area contributed by atoms with Crippen LogP contribution in [0.1, 0.15) is 21.7 Å². The zero-order chi connectivity index (χ0) is 30.0. The van der Waals surface area contributed by atoms with Gasteiger partial charge in [-0.1, -0.05) is 60.7 Å². The first-order valence-corrected chi connectivity index (χ1v) is 14.4. The Morgan fingerprint density at radius 1 is 0.833 bits per heavy atom. The van der Waals surface area contributed by atoms with Crippen molar-refractivity contribution in [1.82, 2.24) is 15.4 Å². The van der Waals surface area contributed by atoms with Crippen molar-refractivity contribution in [3.8, 4) is 0 Å². The molecule has 0 saturated carbocycles. The lowest BCUT2D eigenvalue weighted by Crippen LogP contribution is -2.49. The fraction of sp³-hybridized carbons (Fsp3) is 0.103. The van der Waals surface area contributed by atoms with E-state index in [0.29, 0.717) is 11.3 Å². The van der Waals surface area contributed by atoms with Crippen LogP contribution < -0.4 is 20.7 Å².